The van der Waals surface area contributed by atoms with Gasteiger partial charge in [-0.1, -0.05) is 41.7 Å². The molecule has 2 heterocycles. The Kier molecular flexibility index (Phi) is 4.63. The molecule has 0 saturated carbocycles. The SMILES string of the molecule is Cc1csc(=O)n1CC(=O)N1CCN(C)C[C@@H]1c1ccccc1. The van der Waals surface area contributed by atoms with Crippen molar-refractivity contribution in [1.29, 1.82) is 0 Å². The standard InChI is InChI=1S/C17H21N3O2S/c1-13-12-23-17(22)20(13)11-16(21)19-9-8-18(2)10-15(19)14-6-4-3-5-7-14/h3-7,12,15H,8-11H2,1-2H3/t15-/m1/s1. The van der Waals surface area contributed by atoms with Gasteiger partial charge in [-0.15, -0.1) is 0 Å². The molecule has 2 aromatic rings. The van der Waals surface area contributed by atoms with Crippen LogP contribution in [0.25, 0.3) is 0 Å². The van der Waals surface area contributed by atoms with Crippen molar-refractivity contribution in [2.75, 3.05) is 26.7 Å². The average molecular weight is 331 g/mol. The number of carbonyl (C=O) groups excluding carboxylic acids is 1. The van der Waals surface area contributed by atoms with Gasteiger partial charge in [-0.05, 0) is 19.5 Å². The number of carbonyl (C=O) groups is 1. The van der Waals surface area contributed by atoms with Crippen LogP contribution in [0.2, 0.25) is 0 Å². The third-order valence-electron chi connectivity index (χ3n) is 4.36. The fourth-order valence-electron chi connectivity index (χ4n) is 3.00. The zero-order chi connectivity index (χ0) is 16.4. The lowest BCUT2D eigenvalue weighted by Gasteiger charge is -2.40. The van der Waals surface area contributed by atoms with Crippen molar-refractivity contribution >= 4 is 17.2 Å². The number of rotatable bonds is 3. The van der Waals surface area contributed by atoms with Gasteiger partial charge in [0.05, 0.1) is 6.04 Å². The number of benzene rings is 1. The van der Waals surface area contributed by atoms with Crippen LogP contribution in [-0.4, -0.2) is 47.0 Å². The van der Waals surface area contributed by atoms with Crippen LogP contribution >= 0.6 is 11.3 Å². The van der Waals surface area contributed by atoms with Gasteiger partial charge in [0.15, 0.2) is 0 Å². The Balaban J connectivity index is 1.84. The summed E-state index contributed by atoms with van der Waals surface area (Å²) < 4.78 is 1.56. The molecular formula is C17H21N3O2S. The van der Waals surface area contributed by atoms with Crippen molar-refractivity contribution in [3.63, 3.8) is 0 Å². The van der Waals surface area contributed by atoms with Crippen LogP contribution in [0.4, 0.5) is 0 Å². The van der Waals surface area contributed by atoms with E-state index in [1.54, 1.807) is 9.95 Å². The number of aryl methyl sites for hydroxylation is 1. The van der Waals surface area contributed by atoms with E-state index in [2.05, 4.69) is 24.1 Å². The number of piperazine rings is 1. The quantitative estimate of drug-likeness (QED) is 0.860. The molecule has 0 bridgehead atoms. The zero-order valence-electron chi connectivity index (χ0n) is 13.4. The lowest BCUT2D eigenvalue weighted by Crippen LogP contribution is -2.50. The van der Waals surface area contributed by atoms with Gasteiger partial charge in [-0.25, -0.2) is 0 Å². The van der Waals surface area contributed by atoms with Crippen LogP contribution in [0.15, 0.2) is 40.5 Å². The summed E-state index contributed by atoms with van der Waals surface area (Å²) in [6.07, 6.45) is 0. The molecule has 0 radical (unpaired) electrons. The minimum atomic E-state index is -0.0683. The molecule has 0 aliphatic carbocycles. The van der Waals surface area contributed by atoms with Crippen molar-refractivity contribution in [2.45, 2.75) is 19.5 Å². The van der Waals surface area contributed by atoms with E-state index in [4.69, 9.17) is 0 Å². The normalized spacial score (nSPS) is 19.0. The van der Waals surface area contributed by atoms with Gasteiger partial charge in [0.1, 0.15) is 6.54 Å². The van der Waals surface area contributed by atoms with Crippen molar-refractivity contribution in [3.05, 3.63) is 56.6 Å². The van der Waals surface area contributed by atoms with E-state index in [1.807, 2.05) is 30.0 Å². The van der Waals surface area contributed by atoms with Gasteiger partial charge in [-0.3, -0.25) is 14.2 Å². The maximum Gasteiger partial charge on any atom is 0.307 e. The molecule has 1 aliphatic rings. The molecule has 5 nitrogen and oxygen atoms in total. The highest BCUT2D eigenvalue weighted by Crippen LogP contribution is 2.25. The zero-order valence-corrected chi connectivity index (χ0v) is 14.3. The van der Waals surface area contributed by atoms with Crippen LogP contribution in [-0.2, 0) is 11.3 Å². The van der Waals surface area contributed by atoms with Crippen LogP contribution in [0, 0.1) is 6.92 Å². The summed E-state index contributed by atoms with van der Waals surface area (Å²) >= 11 is 1.15. The third kappa shape index (κ3) is 3.38. The first-order valence-electron chi connectivity index (χ1n) is 7.74. The molecular weight excluding hydrogens is 310 g/mol. The molecule has 1 aromatic heterocycles. The maximum atomic E-state index is 12.8. The predicted octanol–water partition coefficient (Wildman–Crippen LogP) is 1.73. The second-order valence-electron chi connectivity index (χ2n) is 6.00. The highest BCUT2D eigenvalue weighted by Gasteiger charge is 2.30. The van der Waals surface area contributed by atoms with Gasteiger partial charge in [-0.2, -0.15) is 0 Å². The first-order valence-corrected chi connectivity index (χ1v) is 8.62. The molecule has 0 N–H and O–H groups in total. The summed E-state index contributed by atoms with van der Waals surface area (Å²) in [6, 6.07) is 10.1. The number of amides is 1. The fourth-order valence-corrected chi connectivity index (χ4v) is 3.74. The Hall–Kier alpha value is -1.92. The van der Waals surface area contributed by atoms with Gasteiger partial charge >= 0.3 is 4.87 Å². The molecule has 1 aromatic carbocycles. The Morgan fingerprint density at radius 1 is 1.26 bits per heavy atom. The largest absolute Gasteiger partial charge is 0.332 e. The summed E-state index contributed by atoms with van der Waals surface area (Å²) in [6.45, 7) is 4.34. The summed E-state index contributed by atoms with van der Waals surface area (Å²) in [7, 11) is 2.07. The Bertz CT molecular complexity index is 738. The Labute approximate surface area is 139 Å². The number of nitrogens with zero attached hydrogens (tertiary/aromatic N) is 3. The number of hydrogen-bond acceptors (Lipinski definition) is 4. The number of hydrogen-bond donors (Lipinski definition) is 0. The van der Waals surface area contributed by atoms with E-state index in [-0.39, 0.29) is 23.4 Å². The van der Waals surface area contributed by atoms with Gasteiger partial charge in [0, 0.05) is 30.7 Å². The van der Waals surface area contributed by atoms with E-state index in [0.717, 1.165) is 35.7 Å². The first-order chi connectivity index (χ1) is 11.1. The van der Waals surface area contributed by atoms with Gasteiger partial charge in [0.25, 0.3) is 0 Å². The van der Waals surface area contributed by atoms with E-state index in [1.165, 1.54) is 0 Å². The van der Waals surface area contributed by atoms with Crippen LogP contribution in [0.3, 0.4) is 0 Å². The molecule has 0 spiro atoms. The summed E-state index contributed by atoms with van der Waals surface area (Å²) in [5, 5.41) is 1.80. The highest BCUT2D eigenvalue weighted by molar-refractivity contribution is 7.07. The topological polar surface area (TPSA) is 45.6 Å². The van der Waals surface area contributed by atoms with Crippen LogP contribution < -0.4 is 4.87 Å². The van der Waals surface area contributed by atoms with Crippen molar-refractivity contribution < 1.29 is 4.79 Å². The van der Waals surface area contributed by atoms with Gasteiger partial charge < -0.3 is 9.80 Å². The number of likely N-dealkylation sites (N-methyl/N-ethyl adjacent to an activating group) is 1. The van der Waals surface area contributed by atoms with Gasteiger partial charge in [0.2, 0.25) is 5.91 Å². The van der Waals surface area contributed by atoms with E-state index < -0.39 is 0 Å². The third-order valence-corrected chi connectivity index (χ3v) is 5.24. The minimum Gasteiger partial charge on any atom is -0.332 e. The summed E-state index contributed by atoms with van der Waals surface area (Å²) in [4.78, 5) is 28.8. The Morgan fingerprint density at radius 3 is 2.65 bits per heavy atom. The fraction of sp³-hybridized carbons (Fsp3) is 0.412. The molecule has 0 unspecified atom stereocenters. The highest BCUT2D eigenvalue weighted by atomic mass is 32.1. The molecule has 1 atom stereocenters. The molecule has 6 heteroatoms. The smallest absolute Gasteiger partial charge is 0.307 e. The molecule has 23 heavy (non-hydrogen) atoms. The predicted molar refractivity (Wildman–Crippen MR) is 91.7 cm³/mol. The number of aromatic nitrogens is 1. The molecule has 3 rings (SSSR count). The number of thiazole rings is 1. The second-order valence-corrected chi connectivity index (χ2v) is 6.83. The summed E-state index contributed by atoms with van der Waals surface area (Å²) in [5.41, 5.74) is 1.99. The molecule has 1 amide bonds. The summed E-state index contributed by atoms with van der Waals surface area (Å²) in [5.74, 6) is 0.00977. The monoisotopic (exact) mass is 331 g/mol. The lowest BCUT2D eigenvalue weighted by molar-refractivity contribution is -0.136. The van der Waals surface area contributed by atoms with Crippen molar-refractivity contribution in [3.8, 4) is 0 Å². The van der Waals surface area contributed by atoms with Crippen LogP contribution in [0.1, 0.15) is 17.3 Å². The van der Waals surface area contributed by atoms with Crippen molar-refractivity contribution in [1.82, 2.24) is 14.4 Å². The molecule has 1 saturated heterocycles. The van der Waals surface area contributed by atoms with Crippen molar-refractivity contribution in [2.24, 2.45) is 0 Å². The Morgan fingerprint density at radius 2 is 2.00 bits per heavy atom. The minimum absolute atomic E-state index is 0.00977. The van der Waals surface area contributed by atoms with E-state index >= 15 is 0 Å². The molecule has 122 valence electrons. The maximum absolute atomic E-state index is 12.8. The van der Waals surface area contributed by atoms with E-state index in [9.17, 15) is 9.59 Å². The van der Waals surface area contributed by atoms with Crippen LogP contribution in [0.5, 0.6) is 0 Å². The molecule has 1 aliphatic heterocycles. The lowest BCUT2D eigenvalue weighted by atomic mass is 10.0. The first kappa shape index (κ1) is 16.0. The molecule has 1 fully saturated rings. The average Bonchev–Trinajstić information content (AvgIpc) is 2.87. The van der Waals surface area contributed by atoms with E-state index in [0.29, 0.717) is 6.54 Å². The second kappa shape index (κ2) is 6.68.